The van der Waals surface area contributed by atoms with Gasteiger partial charge in [0.1, 0.15) is 35.4 Å². The highest BCUT2D eigenvalue weighted by Crippen LogP contribution is 2.49. The number of fused-ring (bicyclic) bond motifs is 2. The van der Waals surface area contributed by atoms with Crippen molar-refractivity contribution in [3.63, 3.8) is 0 Å². The SMILES string of the molecule is CC1=Cc2c(C)c3c(c(C)c2C1=C(C#N)C#N)C=C(C)C3=C(C#N)C#N. The average molecular weight is 334 g/mol. The van der Waals surface area contributed by atoms with Gasteiger partial charge in [0.15, 0.2) is 0 Å². The molecular weight excluding hydrogens is 320 g/mol. The normalized spacial score (nSPS) is 13.5. The summed E-state index contributed by atoms with van der Waals surface area (Å²) in [5.41, 5.74) is 8.92. The molecule has 1 aromatic rings. The Morgan fingerprint density at radius 3 is 1.19 bits per heavy atom. The van der Waals surface area contributed by atoms with E-state index in [-0.39, 0.29) is 11.1 Å². The Labute approximate surface area is 152 Å². The molecule has 2 aliphatic carbocycles. The molecule has 4 heteroatoms. The lowest BCUT2D eigenvalue weighted by atomic mass is 9.85. The molecule has 122 valence electrons. The number of rotatable bonds is 0. The molecule has 0 spiro atoms. The van der Waals surface area contributed by atoms with E-state index in [9.17, 15) is 21.0 Å². The smallest absolute Gasteiger partial charge is 0.137 e. The maximum atomic E-state index is 9.36. The first-order valence-electron chi connectivity index (χ1n) is 8.05. The molecule has 0 saturated carbocycles. The van der Waals surface area contributed by atoms with Crippen LogP contribution in [0.3, 0.4) is 0 Å². The van der Waals surface area contributed by atoms with E-state index in [1.165, 1.54) is 0 Å². The molecule has 1 aromatic carbocycles. The third-order valence-electron chi connectivity index (χ3n) is 5.05. The number of hydrogen-bond acceptors (Lipinski definition) is 4. The van der Waals surface area contributed by atoms with Crippen molar-refractivity contribution in [3.05, 3.63) is 55.7 Å². The van der Waals surface area contributed by atoms with Gasteiger partial charge in [-0.3, -0.25) is 0 Å². The molecule has 0 aliphatic heterocycles. The zero-order chi connectivity index (χ0) is 19.2. The third-order valence-corrected chi connectivity index (χ3v) is 5.05. The number of hydrogen-bond donors (Lipinski definition) is 0. The van der Waals surface area contributed by atoms with E-state index in [0.29, 0.717) is 11.1 Å². The van der Waals surface area contributed by atoms with Crippen LogP contribution in [0.15, 0.2) is 22.3 Å². The molecule has 26 heavy (non-hydrogen) atoms. The van der Waals surface area contributed by atoms with Gasteiger partial charge in [-0.05, 0) is 72.2 Å². The Morgan fingerprint density at radius 1 is 0.615 bits per heavy atom. The maximum absolute atomic E-state index is 9.36. The topological polar surface area (TPSA) is 95.2 Å². The van der Waals surface area contributed by atoms with Crippen molar-refractivity contribution >= 4 is 23.3 Å². The first-order valence-corrected chi connectivity index (χ1v) is 8.05. The van der Waals surface area contributed by atoms with Crippen molar-refractivity contribution in [3.8, 4) is 24.3 Å². The van der Waals surface area contributed by atoms with Crippen LogP contribution in [-0.4, -0.2) is 0 Å². The van der Waals surface area contributed by atoms with Crippen molar-refractivity contribution in [1.29, 1.82) is 21.0 Å². The van der Waals surface area contributed by atoms with Gasteiger partial charge in [-0.1, -0.05) is 12.2 Å². The van der Waals surface area contributed by atoms with Crippen LogP contribution >= 0.6 is 0 Å². The Bertz CT molecular complexity index is 1060. The lowest BCUT2D eigenvalue weighted by molar-refractivity contribution is 1.31. The summed E-state index contributed by atoms with van der Waals surface area (Å²) in [6, 6.07) is 8.00. The highest BCUT2D eigenvalue weighted by atomic mass is 14.4. The Balaban J connectivity index is 2.51. The molecule has 0 saturated heterocycles. The number of benzene rings is 1. The molecule has 0 fully saturated rings. The highest BCUT2D eigenvalue weighted by Gasteiger charge is 2.31. The molecule has 0 atom stereocenters. The van der Waals surface area contributed by atoms with Gasteiger partial charge in [0.05, 0.1) is 0 Å². The summed E-state index contributed by atoms with van der Waals surface area (Å²) in [5, 5.41) is 37.4. The van der Waals surface area contributed by atoms with E-state index in [1.807, 2.05) is 64.1 Å². The molecule has 0 amide bonds. The van der Waals surface area contributed by atoms with Crippen LogP contribution in [0, 0.1) is 59.2 Å². The monoisotopic (exact) mass is 334 g/mol. The minimum absolute atomic E-state index is 0.101. The molecular formula is C22H14N4. The summed E-state index contributed by atoms with van der Waals surface area (Å²) in [6.07, 6.45) is 3.96. The first kappa shape index (κ1) is 17.0. The van der Waals surface area contributed by atoms with Gasteiger partial charge in [-0.2, -0.15) is 21.0 Å². The lowest BCUT2D eigenvalue weighted by Gasteiger charge is -2.17. The van der Waals surface area contributed by atoms with Crippen molar-refractivity contribution in [2.75, 3.05) is 0 Å². The van der Waals surface area contributed by atoms with E-state index in [4.69, 9.17) is 0 Å². The standard InChI is InChI=1S/C22H14N4/c1-11-5-17-13(3)22-18(6-12(2)20(22)16(9-25)10-26)14(4)21(17)19(11)15(7-23)8-24/h5-6H,1-4H3. The second kappa shape index (κ2) is 5.89. The van der Waals surface area contributed by atoms with Gasteiger partial charge in [0.2, 0.25) is 0 Å². The Morgan fingerprint density at radius 2 is 0.923 bits per heavy atom. The molecule has 4 nitrogen and oxygen atoms in total. The lowest BCUT2D eigenvalue weighted by Crippen LogP contribution is -2.01. The van der Waals surface area contributed by atoms with Crippen molar-refractivity contribution in [1.82, 2.24) is 0 Å². The fourth-order valence-corrected chi connectivity index (χ4v) is 3.94. The van der Waals surface area contributed by atoms with Crippen molar-refractivity contribution in [2.45, 2.75) is 27.7 Å². The predicted octanol–water partition coefficient (Wildman–Crippen LogP) is 4.74. The average Bonchev–Trinajstić information content (AvgIpc) is 3.15. The summed E-state index contributed by atoms with van der Waals surface area (Å²) in [5.74, 6) is 0. The van der Waals surface area contributed by atoms with Gasteiger partial charge >= 0.3 is 0 Å². The minimum Gasteiger partial charge on any atom is -0.192 e. The first-order chi connectivity index (χ1) is 12.4. The van der Waals surface area contributed by atoms with E-state index in [2.05, 4.69) is 0 Å². The van der Waals surface area contributed by atoms with E-state index >= 15 is 0 Å². The molecule has 3 rings (SSSR count). The molecule has 0 bridgehead atoms. The van der Waals surface area contributed by atoms with Crippen molar-refractivity contribution in [2.24, 2.45) is 0 Å². The van der Waals surface area contributed by atoms with Gasteiger partial charge in [-0.25, -0.2) is 0 Å². The summed E-state index contributed by atoms with van der Waals surface area (Å²) in [6.45, 7) is 7.70. The van der Waals surface area contributed by atoms with Gasteiger partial charge in [0, 0.05) is 11.1 Å². The second-order valence-corrected chi connectivity index (χ2v) is 6.43. The third kappa shape index (κ3) is 2.04. The largest absolute Gasteiger partial charge is 0.192 e. The van der Waals surface area contributed by atoms with Crippen LogP contribution in [0.5, 0.6) is 0 Å². The zero-order valence-corrected chi connectivity index (χ0v) is 14.9. The summed E-state index contributed by atoms with van der Waals surface area (Å²) in [7, 11) is 0. The van der Waals surface area contributed by atoms with Crippen LogP contribution in [0.25, 0.3) is 23.3 Å². The summed E-state index contributed by atoms with van der Waals surface area (Å²) in [4.78, 5) is 0. The molecule has 2 aliphatic rings. The van der Waals surface area contributed by atoms with E-state index < -0.39 is 0 Å². The van der Waals surface area contributed by atoms with Crippen LogP contribution in [0.1, 0.15) is 47.2 Å². The molecule has 0 heterocycles. The predicted molar refractivity (Wildman–Crippen MR) is 99.5 cm³/mol. The number of allylic oxidation sites excluding steroid dienone is 6. The van der Waals surface area contributed by atoms with Gasteiger partial charge in [0.25, 0.3) is 0 Å². The van der Waals surface area contributed by atoms with Gasteiger partial charge in [-0.15, -0.1) is 0 Å². The van der Waals surface area contributed by atoms with Crippen LogP contribution in [-0.2, 0) is 0 Å². The number of nitrogens with zero attached hydrogens (tertiary/aromatic N) is 4. The van der Waals surface area contributed by atoms with E-state index in [1.54, 1.807) is 0 Å². The molecule has 0 unspecified atom stereocenters. The molecule has 0 aromatic heterocycles. The second-order valence-electron chi connectivity index (χ2n) is 6.43. The van der Waals surface area contributed by atoms with Crippen LogP contribution in [0.2, 0.25) is 0 Å². The highest BCUT2D eigenvalue weighted by molar-refractivity contribution is 6.06. The molecule has 0 N–H and O–H groups in total. The summed E-state index contributed by atoms with van der Waals surface area (Å²) < 4.78 is 0. The quantitative estimate of drug-likeness (QED) is 0.640. The fraction of sp³-hybridized carbons (Fsp3) is 0.182. The Hall–Kier alpha value is -3.86. The van der Waals surface area contributed by atoms with Crippen LogP contribution < -0.4 is 0 Å². The fourth-order valence-electron chi connectivity index (χ4n) is 3.94. The zero-order valence-electron chi connectivity index (χ0n) is 14.9. The summed E-state index contributed by atoms with van der Waals surface area (Å²) >= 11 is 0. The Kier molecular flexibility index (Phi) is 3.85. The van der Waals surface area contributed by atoms with Crippen molar-refractivity contribution < 1.29 is 0 Å². The maximum Gasteiger partial charge on any atom is 0.137 e. The number of nitriles is 4. The van der Waals surface area contributed by atoms with Gasteiger partial charge < -0.3 is 0 Å². The minimum atomic E-state index is 0.101. The van der Waals surface area contributed by atoms with Crippen LogP contribution in [0.4, 0.5) is 0 Å². The van der Waals surface area contributed by atoms with E-state index in [0.717, 1.165) is 44.5 Å². The molecule has 0 radical (unpaired) electrons.